The van der Waals surface area contributed by atoms with Crippen molar-refractivity contribution in [3.8, 4) is 0 Å². The molecule has 2 atom stereocenters. The number of hydrogen-bond donors (Lipinski definition) is 0. The quantitative estimate of drug-likeness (QED) is 0.0340. The first-order valence-corrected chi connectivity index (χ1v) is 24.6. The van der Waals surface area contributed by atoms with E-state index in [9.17, 15) is 19.2 Å². The van der Waals surface area contributed by atoms with Crippen molar-refractivity contribution in [1.82, 2.24) is 0 Å². The van der Waals surface area contributed by atoms with E-state index in [1.54, 1.807) is 106 Å². The standard InChI is InChI=1S/C57H72O16/c1-15-62-43-45(64-17-3)49(56(66-19-5,67-20-6)51(47(43)72-53(60)37(9)10)70-41(58)35-33-39-29-25-23-26-30-39)55(13,14)50-46(65-18-4)44(63-16-2)48(73-54(61)38(11)12)52(57(50,68-21-7)69-22-8)71-42(59)36-34-40-31-27-24-28-32-40/h23-36,49-50H,9,11,15-22H2,1-8,10,12-14H3. The highest BCUT2D eigenvalue weighted by molar-refractivity contribution is 5.90. The molecule has 0 bridgehead atoms. The van der Waals surface area contributed by atoms with Crippen molar-refractivity contribution in [2.24, 2.45) is 17.3 Å². The van der Waals surface area contributed by atoms with Crippen molar-refractivity contribution in [3.63, 3.8) is 0 Å². The molecule has 0 aliphatic heterocycles. The van der Waals surface area contributed by atoms with E-state index in [-0.39, 0.29) is 98.6 Å². The summed E-state index contributed by atoms with van der Waals surface area (Å²) in [6.07, 6.45) is 5.52. The third-order valence-electron chi connectivity index (χ3n) is 11.2. The average Bonchev–Trinajstić information content (AvgIpc) is 3.35. The maximum absolute atomic E-state index is 14.4. The lowest BCUT2D eigenvalue weighted by Crippen LogP contribution is -2.63. The molecule has 2 aromatic carbocycles. The maximum Gasteiger partial charge on any atom is 0.338 e. The van der Waals surface area contributed by atoms with Gasteiger partial charge in [0.1, 0.15) is 0 Å². The molecule has 0 heterocycles. The molecule has 16 heteroatoms. The molecule has 2 aliphatic rings. The molecule has 2 aliphatic carbocycles. The molecular formula is C57H72O16. The van der Waals surface area contributed by atoms with Crippen LogP contribution in [0.5, 0.6) is 0 Å². The van der Waals surface area contributed by atoms with Crippen LogP contribution in [0.2, 0.25) is 0 Å². The highest BCUT2D eigenvalue weighted by atomic mass is 16.7. The van der Waals surface area contributed by atoms with Gasteiger partial charge in [0.2, 0.25) is 46.1 Å². The van der Waals surface area contributed by atoms with E-state index in [2.05, 4.69) is 13.2 Å². The number of hydrogen-bond acceptors (Lipinski definition) is 16. The largest absolute Gasteiger partial charge is 0.494 e. The minimum absolute atomic E-state index is 0.00262. The van der Waals surface area contributed by atoms with E-state index >= 15 is 0 Å². The third-order valence-corrected chi connectivity index (χ3v) is 11.2. The number of esters is 4. The molecule has 4 rings (SSSR count). The van der Waals surface area contributed by atoms with Crippen molar-refractivity contribution in [2.45, 2.75) is 94.7 Å². The molecule has 2 aromatic rings. The summed E-state index contributed by atoms with van der Waals surface area (Å²) in [5, 5.41) is 0. The molecule has 0 radical (unpaired) electrons. The molecule has 0 N–H and O–H groups in total. The van der Waals surface area contributed by atoms with Crippen molar-refractivity contribution in [1.29, 1.82) is 0 Å². The van der Waals surface area contributed by atoms with Crippen LogP contribution in [-0.4, -0.2) is 88.3 Å². The zero-order chi connectivity index (χ0) is 53.9. The molecule has 2 unspecified atom stereocenters. The second kappa shape index (κ2) is 27.4. The van der Waals surface area contributed by atoms with Crippen molar-refractivity contribution < 1.29 is 76.0 Å². The number of rotatable bonds is 28. The van der Waals surface area contributed by atoms with Crippen LogP contribution in [0, 0.1) is 17.3 Å². The summed E-state index contributed by atoms with van der Waals surface area (Å²) in [6.45, 7) is 27.4. The van der Waals surface area contributed by atoms with E-state index in [4.69, 9.17) is 56.8 Å². The van der Waals surface area contributed by atoms with Gasteiger partial charge in [-0.3, -0.25) is 0 Å². The molecule has 0 spiro atoms. The zero-order valence-electron chi connectivity index (χ0n) is 44.3. The van der Waals surface area contributed by atoms with E-state index in [0.717, 1.165) is 0 Å². The Morgan fingerprint density at radius 3 is 1.07 bits per heavy atom. The van der Waals surface area contributed by atoms with Gasteiger partial charge in [0.15, 0.2) is 11.5 Å². The van der Waals surface area contributed by atoms with Gasteiger partial charge in [0, 0.05) is 49.7 Å². The first kappa shape index (κ1) is 58.8. The smallest absolute Gasteiger partial charge is 0.338 e. The van der Waals surface area contributed by atoms with Crippen molar-refractivity contribution >= 4 is 36.0 Å². The molecule has 396 valence electrons. The third kappa shape index (κ3) is 13.5. The van der Waals surface area contributed by atoms with Crippen molar-refractivity contribution in [3.05, 3.63) is 154 Å². The Balaban J connectivity index is 2.30. The molecule has 0 amide bonds. The second-order valence-corrected chi connectivity index (χ2v) is 16.9. The number of carbonyl (C=O) groups excluding carboxylic acids is 4. The van der Waals surface area contributed by atoms with Crippen LogP contribution in [0.1, 0.15) is 94.2 Å². The van der Waals surface area contributed by atoms with Gasteiger partial charge in [0.25, 0.3) is 0 Å². The lowest BCUT2D eigenvalue weighted by Gasteiger charge is -2.56. The van der Waals surface area contributed by atoms with Gasteiger partial charge >= 0.3 is 23.9 Å². The van der Waals surface area contributed by atoms with E-state index in [0.29, 0.717) is 11.1 Å². The summed E-state index contributed by atoms with van der Waals surface area (Å²) in [4.78, 5) is 56.3. The van der Waals surface area contributed by atoms with Gasteiger partial charge in [-0.15, -0.1) is 0 Å². The monoisotopic (exact) mass is 1010 g/mol. The van der Waals surface area contributed by atoms with E-state index in [1.165, 1.54) is 26.0 Å². The second-order valence-electron chi connectivity index (χ2n) is 16.9. The molecular weight excluding hydrogens is 941 g/mol. The average molecular weight is 1010 g/mol. The molecule has 0 fully saturated rings. The number of ether oxygens (including phenoxy) is 12. The minimum atomic E-state index is -2.28. The fourth-order valence-electron chi connectivity index (χ4n) is 8.65. The van der Waals surface area contributed by atoms with Gasteiger partial charge < -0.3 is 56.8 Å². The molecule has 0 aromatic heterocycles. The van der Waals surface area contributed by atoms with Crippen LogP contribution in [0.15, 0.2) is 143 Å². The summed E-state index contributed by atoms with van der Waals surface area (Å²) in [7, 11) is 0. The topological polar surface area (TPSA) is 179 Å². The van der Waals surface area contributed by atoms with Crippen LogP contribution in [0.3, 0.4) is 0 Å². The summed E-state index contributed by atoms with van der Waals surface area (Å²) in [6, 6.07) is 18.1. The molecule has 0 saturated carbocycles. The predicted octanol–water partition coefficient (Wildman–Crippen LogP) is 10.6. The number of benzene rings is 2. The summed E-state index contributed by atoms with van der Waals surface area (Å²) in [5.41, 5.74) is -0.231. The van der Waals surface area contributed by atoms with E-state index < -0.39 is 64.2 Å². The van der Waals surface area contributed by atoms with Gasteiger partial charge in [0.05, 0.1) is 38.3 Å². The van der Waals surface area contributed by atoms with Gasteiger partial charge in [-0.1, -0.05) is 87.7 Å². The lowest BCUT2D eigenvalue weighted by atomic mass is 9.59. The summed E-state index contributed by atoms with van der Waals surface area (Å²) >= 11 is 0. The van der Waals surface area contributed by atoms with E-state index in [1.807, 2.05) is 36.4 Å². The Morgan fingerprint density at radius 2 is 0.795 bits per heavy atom. The van der Waals surface area contributed by atoms with Gasteiger partial charge in [-0.25, -0.2) is 19.2 Å². The highest BCUT2D eigenvalue weighted by Gasteiger charge is 2.70. The Bertz CT molecular complexity index is 2290. The maximum atomic E-state index is 14.4. The summed E-state index contributed by atoms with van der Waals surface area (Å²) < 4.78 is 78.7. The van der Waals surface area contributed by atoms with Crippen LogP contribution >= 0.6 is 0 Å². The fraction of sp³-hybridized carbons (Fsp3) is 0.439. The SMILES string of the molecule is C=C(C)C(=O)OC1=C(OC(=O)C=Cc2ccccc2)C(OCC)(OCC)C(C(C)(C)C2C(OCC)=C(OCC)C(OC(=O)C(=C)C)=C(OC(=O)C=Cc3ccccc3)C2(OCC)OCC)C(OCC)=C1OCC. The highest BCUT2D eigenvalue weighted by Crippen LogP contribution is 2.62. The number of carbonyl (C=O) groups is 4. The minimum Gasteiger partial charge on any atom is -0.494 e. The van der Waals surface area contributed by atoms with Gasteiger partial charge in [-0.05, 0) is 97.9 Å². The van der Waals surface area contributed by atoms with Crippen LogP contribution in [0.25, 0.3) is 12.2 Å². The Hall–Kier alpha value is -6.72. The van der Waals surface area contributed by atoms with Crippen LogP contribution in [0.4, 0.5) is 0 Å². The van der Waals surface area contributed by atoms with Gasteiger partial charge in [-0.2, -0.15) is 0 Å². The molecule has 73 heavy (non-hydrogen) atoms. The van der Waals surface area contributed by atoms with Crippen molar-refractivity contribution in [2.75, 3.05) is 52.9 Å². The molecule has 0 saturated heterocycles. The predicted molar refractivity (Wildman–Crippen MR) is 272 cm³/mol. The lowest BCUT2D eigenvalue weighted by molar-refractivity contribution is -0.312. The normalized spacial score (nSPS) is 17.6. The Labute approximate surface area is 429 Å². The first-order chi connectivity index (χ1) is 34.9. The van der Waals surface area contributed by atoms with Crippen LogP contribution < -0.4 is 0 Å². The van der Waals surface area contributed by atoms with Crippen LogP contribution in [-0.2, 0) is 76.0 Å². The fourth-order valence-corrected chi connectivity index (χ4v) is 8.65. The zero-order valence-corrected chi connectivity index (χ0v) is 44.3. The summed E-state index contributed by atoms with van der Waals surface area (Å²) in [5.74, 6) is -12.8. The molecule has 16 nitrogen and oxygen atoms in total. The first-order valence-electron chi connectivity index (χ1n) is 24.6. The Kier molecular flexibility index (Phi) is 22.1. The Morgan fingerprint density at radius 1 is 0.479 bits per heavy atom.